The summed E-state index contributed by atoms with van der Waals surface area (Å²) in [4.78, 5) is 28.1. The Balaban J connectivity index is 1.52. The number of rotatable bonds is 6. The summed E-state index contributed by atoms with van der Waals surface area (Å²) in [5.41, 5.74) is 1.84. The first kappa shape index (κ1) is 17.9. The number of thioether (sulfide) groups is 2. The Labute approximate surface area is 155 Å². The van der Waals surface area contributed by atoms with Crippen molar-refractivity contribution < 1.29 is 14.3 Å². The zero-order chi connectivity index (χ0) is 17.6. The molecular formula is C19H19NO3S2. The molecule has 130 valence electrons. The van der Waals surface area contributed by atoms with Crippen LogP contribution in [0.4, 0.5) is 5.69 Å². The molecule has 1 amide bonds. The van der Waals surface area contributed by atoms with Gasteiger partial charge in [-0.2, -0.15) is 0 Å². The summed E-state index contributed by atoms with van der Waals surface area (Å²) < 4.78 is 5.33. The second kappa shape index (κ2) is 8.45. The summed E-state index contributed by atoms with van der Waals surface area (Å²) in [6.07, 6.45) is 2.21. The lowest BCUT2D eigenvalue weighted by atomic mass is 10.2. The minimum absolute atomic E-state index is 0.0316. The van der Waals surface area contributed by atoms with Gasteiger partial charge in [0.05, 0.1) is 17.9 Å². The van der Waals surface area contributed by atoms with Crippen molar-refractivity contribution >= 4 is 41.1 Å². The Morgan fingerprint density at radius 1 is 1.20 bits per heavy atom. The number of nitrogens with zero attached hydrogens (tertiary/aromatic N) is 1. The molecule has 3 rings (SSSR count). The van der Waals surface area contributed by atoms with Crippen molar-refractivity contribution in [2.75, 3.05) is 23.5 Å². The lowest BCUT2D eigenvalue weighted by molar-refractivity contribution is -0.144. The highest BCUT2D eigenvalue weighted by atomic mass is 32.2. The van der Waals surface area contributed by atoms with Crippen molar-refractivity contribution in [3.05, 3.63) is 54.1 Å². The molecule has 0 atom stereocenters. The third-order valence-corrected chi connectivity index (χ3v) is 5.70. The van der Waals surface area contributed by atoms with Crippen LogP contribution >= 0.6 is 23.5 Å². The van der Waals surface area contributed by atoms with Gasteiger partial charge in [0.25, 0.3) is 0 Å². The van der Waals surface area contributed by atoms with Crippen LogP contribution in [-0.4, -0.2) is 30.4 Å². The molecule has 4 nitrogen and oxygen atoms in total. The van der Waals surface area contributed by atoms with E-state index in [1.807, 2.05) is 54.8 Å². The van der Waals surface area contributed by atoms with E-state index in [1.54, 1.807) is 16.7 Å². The Morgan fingerprint density at radius 3 is 2.72 bits per heavy atom. The zero-order valence-electron chi connectivity index (χ0n) is 13.9. The van der Waals surface area contributed by atoms with Gasteiger partial charge in [-0.15, -0.1) is 23.5 Å². The Hall–Kier alpha value is -1.92. The first-order valence-corrected chi connectivity index (χ1v) is 10.2. The standard InChI is InChI=1S/C19H19NO3S2/c1-24-15-8-6-14(7-9-15)12-23-19(22)10-11-20-16-4-2-3-5-17(16)25-13-18(20)21/h2-9H,10-13H2,1H3. The Kier molecular flexibility index (Phi) is 6.04. The number of hydrogen-bond acceptors (Lipinski definition) is 5. The fourth-order valence-corrected chi connectivity index (χ4v) is 3.90. The quantitative estimate of drug-likeness (QED) is 0.566. The van der Waals surface area contributed by atoms with E-state index in [0.29, 0.717) is 12.3 Å². The van der Waals surface area contributed by atoms with Crippen LogP contribution in [0, 0.1) is 0 Å². The van der Waals surface area contributed by atoms with E-state index in [2.05, 4.69) is 0 Å². The summed E-state index contributed by atoms with van der Waals surface area (Å²) >= 11 is 3.21. The number of fused-ring (bicyclic) bond motifs is 1. The normalized spacial score (nSPS) is 13.5. The van der Waals surface area contributed by atoms with Crippen LogP contribution in [-0.2, 0) is 20.9 Å². The molecule has 0 N–H and O–H groups in total. The third kappa shape index (κ3) is 4.58. The maximum absolute atomic E-state index is 12.2. The van der Waals surface area contributed by atoms with Crippen LogP contribution in [0.1, 0.15) is 12.0 Å². The van der Waals surface area contributed by atoms with Crippen LogP contribution in [0.3, 0.4) is 0 Å². The predicted octanol–water partition coefficient (Wildman–Crippen LogP) is 3.98. The van der Waals surface area contributed by atoms with Crippen LogP contribution in [0.2, 0.25) is 0 Å². The smallest absolute Gasteiger partial charge is 0.307 e. The molecule has 0 bridgehead atoms. The van der Waals surface area contributed by atoms with Crippen LogP contribution < -0.4 is 4.90 Å². The largest absolute Gasteiger partial charge is 0.461 e. The average molecular weight is 373 g/mol. The second-order valence-corrected chi connectivity index (χ2v) is 7.46. The van der Waals surface area contributed by atoms with Gasteiger partial charge in [0.1, 0.15) is 6.61 Å². The van der Waals surface area contributed by atoms with Gasteiger partial charge in [-0.1, -0.05) is 24.3 Å². The van der Waals surface area contributed by atoms with Crippen molar-refractivity contribution in [2.45, 2.75) is 22.8 Å². The van der Waals surface area contributed by atoms with Gasteiger partial charge in [0.15, 0.2) is 0 Å². The maximum atomic E-state index is 12.2. The van der Waals surface area contributed by atoms with E-state index < -0.39 is 0 Å². The number of esters is 1. The number of carbonyl (C=O) groups excluding carboxylic acids is 2. The fraction of sp³-hybridized carbons (Fsp3) is 0.263. The van der Waals surface area contributed by atoms with Crippen molar-refractivity contribution in [1.82, 2.24) is 0 Å². The van der Waals surface area contributed by atoms with E-state index in [1.165, 1.54) is 16.7 Å². The molecular weight excluding hydrogens is 354 g/mol. The minimum Gasteiger partial charge on any atom is -0.461 e. The number of para-hydroxylation sites is 1. The molecule has 0 unspecified atom stereocenters. The fourth-order valence-electron chi connectivity index (χ4n) is 2.56. The van der Waals surface area contributed by atoms with Gasteiger partial charge in [-0.25, -0.2) is 0 Å². The number of benzene rings is 2. The number of carbonyl (C=O) groups is 2. The molecule has 0 fully saturated rings. The van der Waals surface area contributed by atoms with Gasteiger partial charge in [-0.05, 0) is 36.1 Å². The third-order valence-electron chi connectivity index (χ3n) is 3.91. The molecule has 0 radical (unpaired) electrons. The molecule has 2 aromatic rings. The van der Waals surface area contributed by atoms with E-state index in [4.69, 9.17) is 4.74 Å². The SMILES string of the molecule is CSc1ccc(COC(=O)CCN2C(=O)CSc3ccccc32)cc1. The molecule has 0 spiro atoms. The van der Waals surface area contributed by atoms with Crippen LogP contribution in [0.5, 0.6) is 0 Å². The minimum atomic E-state index is -0.294. The predicted molar refractivity (Wildman–Crippen MR) is 102 cm³/mol. The van der Waals surface area contributed by atoms with Crippen LogP contribution in [0.15, 0.2) is 58.3 Å². The molecule has 2 aromatic carbocycles. The summed E-state index contributed by atoms with van der Waals surface area (Å²) in [6, 6.07) is 15.7. The summed E-state index contributed by atoms with van der Waals surface area (Å²) in [5, 5.41) is 0. The molecule has 25 heavy (non-hydrogen) atoms. The Bertz CT molecular complexity index is 762. The monoisotopic (exact) mass is 373 g/mol. The molecule has 0 saturated carbocycles. The summed E-state index contributed by atoms with van der Waals surface area (Å²) in [7, 11) is 0. The molecule has 1 heterocycles. The van der Waals surface area contributed by atoms with Gasteiger partial charge in [-0.3, -0.25) is 9.59 Å². The topological polar surface area (TPSA) is 46.6 Å². The van der Waals surface area contributed by atoms with Crippen molar-refractivity contribution in [3.63, 3.8) is 0 Å². The lowest BCUT2D eigenvalue weighted by Crippen LogP contribution is -2.37. The van der Waals surface area contributed by atoms with E-state index in [0.717, 1.165) is 16.1 Å². The summed E-state index contributed by atoms with van der Waals surface area (Å²) in [5.74, 6) is 0.148. The van der Waals surface area contributed by atoms with Gasteiger partial charge < -0.3 is 9.64 Å². The van der Waals surface area contributed by atoms with Crippen molar-refractivity contribution in [2.24, 2.45) is 0 Å². The zero-order valence-corrected chi connectivity index (χ0v) is 15.6. The second-order valence-electron chi connectivity index (χ2n) is 5.56. The highest BCUT2D eigenvalue weighted by Gasteiger charge is 2.24. The molecule has 1 aliphatic heterocycles. The molecule has 1 aliphatic rings. The first-order valence-electron chi connectivity index (χ1n) is 7.98. The maximum Gasteiger partial charge on any atom is 0.307 e. The lowest BCUT2D eigenvalue weighted by Gasteiger charge is -2.28. The van der Waals surface area contributed by atoms with Crippen molar-refractivity contribution in [3.8, 4) is 0 Å². The average Bonchev–Trinajstić information content (AvgIpc) is 2.66. The number of hydrogen-bond donors (Lipinski definition) is 0. The molecule has 0 aromatic heterocycles. The van der Waals surface area contributed by atoms with Gasteiger partial charge in [0, 0.05) is 16.3 Å². The van der Waals surface area contributed by atoms with E-state index in [-0.39, 0.29) is 24.9 Å². The van der Waals surface area contributed by atoms with Crippen LogP contribution in [0.25, 0.3) is 0 Å². The van der Waals surface area contributed by atoms with E-state index in [9.17, 15) is 9.59 Å². The number of ether oxygens (including phenoxy) is 1. The highest BCUT2D eigenvalue weighted by Crippen LogP contribution is 2.34. The van der Waals surface area contributed by atoms with Gasteiger partial charge in [0.2, 0.25) is 5.91 Å². The molecule has 6 heteroatoms. The van der Waals surface area contributed by atoms with Crippen molar-refractivity contribution in [1.29, 1.82) is 0 Å². The molecule has 0 saturated heterocycles. The number of anilines is 1. The summed E-state index contributed by atoms with van der Waals surface area (Å²) in [6.45, 7) is 0.606. The van der Waals surface area contributed by atoms with E-state index >= 15 is 0 Å². The molecule has 0 aliphatic carbocycles. The Morgan fingerprint density at radius 2 is 1.96 bits per heavy atom. The van der Waals surface area contributed by atoms with Gasteiger partial charge >= 0.3 is 5.97 Å². The highest BCUT2D eigenvalue weighted by molar-refractivity contribution is 8.00. The number of amides is 1. The first-order chi connectivity index (χ1) is 12.2.